The number of hydrogen-bond donors (Lipinski definition) is 1. The monoisotopic (exact) mass is 284 g/mol. The van der Waals surface area contributed by atoms with Crippen LogP contribution < -0.4 is 10.6 Å². The van der Waals surface area contributed by atoms with Crippen LogP contribution >= 0.6 is 11.6 Å². The fourth-order valence-electron chi connectivity index (χ4n) is 2.10. The molecule has 0 spiro atoms. The number of carbonyl (C=O) groups excluding carboxylic acids is 1. The summed E-state index contributed by atoms with van der Waals surface area (Å²) in [5.74, 6) is -0.0867. The first kappa shape index (κ1) is 14.0. The van der Waals surface area contributed by atoms with Gasteiger partial charge < -0.3 is 15.4 Å². The van der Waals surface area contributed by atoms with Crippen LogP contribution in [0.25, 0.3) is 0 Å². The predicted molar refractivity (Wildman–Crippen MR) is 72.4 cm³/mol. The minimum absolute atomic E-state index is 0.157. The van der Waals surface area contributed by atoms with Crippen molar-refractivity contribution in [1.82, 2.24) is 10.2 Å². The number of halogens is 1. The second-order valence-electron chi connectivity index (χ2n) is 4.84. The average molecular weight is 285 g/mol. The van der Waals surface area contributed by atoms with Gasteiger partial charge in [-0.25, -0.2) is 0 Å². The zero-order chi connectivity index (χ0) is 14.0. The highest BCUT2D eigenvalue weighted by atomic mass is 35.5. The van der Waals surface area contributed by atoms with Gasteiger partial charge in [-0.3, -0.25) is 4.79 Å². The average Bonchev–Trinajstić information content (AvgIpc) is 2.38. The van der Waals surface area contributed by atoms with Gasteiger partial charge >= 0.3 is 0 Å². The molecule has 2 rings (SSSR count). The molecule has 7 heteroatoms. The number of primary amides is 1. The highest BCUT2D eigenvalue weighted by molar-refractivity contribution is 6.29. The Hall–Kier alpha value is -1.40. The Morgan fingerprint density at radius 3 is 3.00 bits per heavy atom. The van der Waals surface area contributed by atoms with Gasteiger partial charge in [0.1, 0.15) is 0 Å². The quantitative estimate of drug-likeness (QED) is 0.903. The number of morpholine rings is 1. The molecule has 1 aliphatic rings. The lowest BCUT2D eigenvalue weighted by molar-refractivity contribution is -0.0443. The maximum Gasteiger partial charge on any atom is 0.252 e. The Kier molecular flexibility index (Phi) is 3.91. The maximum absolute atomic E-state index is 11.5. The zero-order valence-corrected chi connectivity index (χ0v) is 11.8. The fraction of sp³-hybridized carbons (Fsp3) is 0.583. The molecule has 1 atom stereocenters. The number of ether oxygens (including phenoxy) is 1. The molecule has 0 aliphatic carbocycles. The number of hydrogen-bond acceptors (Lipinski definition) is 5. The van der Waals surface area contributed by atoms with Gasteiger partial charge in [0.25, 0.3) is 5.91 Å². The van der Waals surface area contributed by atoms with Crippen LogP contribution in [0.3, 0.4) is 0 Å². The van der Waals surface area contributed by atoms with Gasteiger partial charge in [0.2, 0.25) is 0 Å². The van der Waals surface area contributed by atoms with Crippen LogP contribution in [0.4, 0.5) is 5.82 Å². The Morgan fingerprint density at radius 1 is 1.63 bits per heavy atom. The van der Waals surface area contributed by atoms with Crippen LogP contribution in [0, 0.1) is 0 Å². The van der Waals surface area contributed by atoms with Crippen molar-refractivity contribution in [3.05, 3.63) is 16.8 Å². The molecule has 2 N–H and O–H groups in total. The summed E-state index contributed by atoms with van der Waals surface area (Å²) in [6.07, 6.45) is 0.871. The summed E-state index contributed by atoms with van der Waals surface area (Å²) in [6, 6.07) is 1.45. The lowest BCUT2D eigenvalue weighted by Crippen LogP contribution is -2.50. The van der Waals surface area contributed by atoms with Gasteiger partial charge in [-0.15, -0.1) is 10.2 Å². The van der Waals surface area contributed by atoms with Gasteiger partial charge in [0.15, 0.2) is 11.0 Å². The molecule has 1 saturated heterocycles. The smallest absolute Gasteiger partial charge is 0.252 e. The summed E-state index contributed by atoms with van der Waals surface area (Å²) >= 11 is 5.76. The highest BCUT2D eigenvalue weighted by Gasteiger charge is 2.32. The number of aromatic nitrogens is 2. The normalized spacial score (nSPS) is 23.4. The lowest BCUT2D eigenvalue weighted by atomic mass is 10.0. The number of nitrogens with zero attached hydrogens (tertiary/aromatic N) is 3. The fourth-order valence-corrected chi connectivity index (χ4v) is 2.25. The van der Waals surface area contributed by atoms with Crippen LogP contribution in [0.15, 0.2) is 6.07 Å². The summed E-state index contributed by atoms with van der Waals surface area (Å²) < 4.78 is 5.76. The molecular weight excluding hydrogens is 268 g/mol. The van der Waals surface area contributed by atoms with E-state index in [1.807, 2.05) is 11.8 Å². The number of anilines is 1. The molecule has 104 valence electrons. The Balaban J connectivity index is 2.33. The summed E-state index contributed by atoms with van der Waals surface area (Å²) in [4.78, 5) is 13.5. The third-order valence-corrected chi connectivity index (χ3v) is 3.58. The molecule has 0 saturated carbocycles. The van der Waals surface area contributed by atoms with Gasteiger partial charge in [-0.2, -0.15) is 0 Å². The van der Waals surface area contributed by atoms with Gasteiger partial charge in [-0.1, -0.05) is 18.5 Å². The van der Waals surface area contributed by atoms with E-state index in [2.05, 4.69) is 17.1 Å². The van der Waals surface area contributed by atoms with E-state index in [1.54, 1.807) is 0 Å². The number of carbonyl (C=O) groups is 1. The Labute approximate surface area is 116 Å². The van der Waals surface area contributed by atoms with E-state index in [0.717, 1.165) is 6.42 Å². The Bertz CT molecular complexity index is 497. The second kappa shape index (κ2) is 5.30. The van der Waals surface area contributed by atoms with Crippen molar-refractivity contribution in [1.29, 1.82) is 0 Å². The van der Waals surface area contributed by atoms with E-state index in [4.69, 9.17) is 22.1 Å². The molecule has 2 heterocycles. The standard InChI is InChI=1S/C12H17ClN4O2/c1-3-12(2)7-17(4-5-19-12)11-8(10(14)18)6-9(13)15-16-11/h6H,3-5,7H2,1-2H3,(H2,14,18). The van der Waals surface area contributed by atoms with Crippen LogP contribution in [-0.4, -0.2) is 41.4 Å². The van der Waals surface area contributed by atoms with Crippen LogP contribution in [0.1, 0.15) is 30.6 Å². The molecule has 1 aromatic rings. The first-order chi connectivity index (χ1) is 8.95. The van der Waals surface area contributed by atoms with Crippen molar-refractivity contribution >= 4 is 23.3 Å². The van der Waals surface area contributed by atoms with Crippen molar-refractivity contribution in [2.45, 2.75) is 25.9 Å². The summed E-state index contributed by atoms with van der Waals surface area (Å²) in [7, 11) is 0. The summed E-state index contributed by atoms with van der Waals surface area (Å²) in [6.45, 7) is 5.96. The van der Waals surface area contributed by atoms with Crippen molar-refractivity contribution in [3.8, 4) is 0 Å². The van der Waals surface area contributed by atoms with Crippen LogP contribution in [0.2, 0.25) is 5.15 Å². The van der Waals surface area contributed by atoms with Crippen LogP contribution in [-0.2, 0) is 4.74 Å². The molecule has 1 fully saturated rings. The number of rotatable bonds is 3. The zero-order valence-electron chi connectivity index (χ0n) is 11.0. The molecule has 0 radical (unpaired) electrons. The SMILES string of the molecule is CCC1(C)CN(c2nnc(Cl)cc2C(N)=O)CCO1. The third kappa shape index (κ3) is 2.96. The first-order valence-corrected chi connectivity index (χ1v) is 6.55. The molecule has 19 heavy (non-hydrogen) atoms. The van der Waals surface area contributed by atoms with Crippen molar-refractivity contribution in [3.63, 3.8) is 0 Å². The highest BCUT2D eigenvalue weighted by Crippen LogP contribution is 2.27. The molecule has 1 amide bonds. The van der Waals surface area contributed by atoms with Crippen molar-refractivity contribution in [2.24, 2.45) is 5.73 Å². The molecule has 1 aromatic heterocycles. The van der Waals surface area contributed by atoms with Crippen molar-refractivity contribution in [2.75, 3.05) is 24.6 Å². The topological polar surface area (TPSA) is 81.3 Å². The van der Waals surface area contributed by atoms with Gasteiger partial charge in [0, 0.05) is 13.1 Å². The third-order valence-electron chi connectivity index (χ3n) is 3.39. The number of nitrogens with two attached hydrogens (primary N) is 1. The number of amides is 1. The predicted octanol–water partition coefficient (Wildman–Crippen LogP) is 1.23. The molecule has 6 nitrogen and oxygen atoms in total. The largest absolute Gasteiger partial charge is 0.372 e. The minimum atomic E-state index is -0.559. The molecular formula is C12H17ClN4O2. The van der Waals surface area contributed by atoms with Crippen molar-refractivity contribution < 1.29 is 9.53 Å². The molecule has 1 aliphatic heterocycles. The summed E-state index contributed by atoms with van der Waals surface area (Å²) in [5.41, 5.74) is 5.40. The van der Waals surface area contributed by atoms with Gasteiger partial charge in [-0.05, 0) is 19.4 Å². The lowest BCUT2D eigenvalue weighted by Gasteiger charge is -2.40. The Morgan fingerprint density at radius 2 is 2.37 bits per heavy atom. The second-order valence-corrected chi connectivity index (χ2v) is 5.23. The minimum Gasteiger partial charge on any atom is -0.372 e. The summed E-state index contributed by atoms with van der Waals surface area (Å²) in [5, 5.41) is 7.96. The van der Waals surface area contributed by atoms with E-state index in [1.165, 1.54) is 6.07 Å². The first-order valence-electron chi connectivity index (χ1n) is 6.17. The van der Waals surface area contributed by atoms with E-state index in [9.17, 15) is 4.79 Å². The molecule has 0 aromatic carbocycles. The van der Waals surface area contributed by atoms with E-state index >= 15 is 0 Å². The van der Waals surface area contributed by atoms with E-state index in [0.29, 0.717) is 31.1 Å². The van der Waals surface area contributed by atoms with E-state index < -0.39 is 5.91 Å². The molecule has 1 unspecified atom stereocenters. The van der Waals surface area contributed by atoms with E-state index in [-0.39, 0.29) is 10.8 Å². The maximum atomic E-state index is 11.5. The van der Waals surface area contributed by atoms with Gasteiger partial charge in [0.05, 0.1) is 17.8 Å². The van der Waals surface area contributed by atoms with Crippen LogP contribution in [0.5, 0.6) is 0 Å². The molecule has 0 bridgehead atoms.